The van der Waals surface area contributed by atoms with Crippen LogP contribution >= 0.6 is 0 Å². The van der Waals surface area contributed by atoms with Crippen molar-refractivity contribution < 1.29 is 4.74 Å². The standard InChI is InChI=1S/C12H28N2O/c1-6-13-12(4,5)11-14(7-2)9-10-15-8-3/h13H,6-11H2,1-5H3. The second-order valence-corrected chi connectivity index (χ2v) is 4.48. The molecule has 0 aromatic carbocycles. The van der Waals surface area contributed by atoms with E-state index in [4.69, 9.17) is 4.74 Å². The second-order valence-electron chi connectivity index (χ2n) is 4.48. The Hall–Kier alpha value is -0.120. The van der Waals surface area contributed by atoms with Gasteiger partial charge in [0.2, 0.25) is 0 Å². The van der Waals surface area contributed by atoms with Gasteiger partial charge in [-0.15, -0.1) is 0 Å². The molecular weight excluding hydrogens is 188 g/mol. The van der Waals surface area contributed by atoms with Crippen molar-refractivity contribution in [1.82, 2.24) is 10.2 Å². The number of nitrogens with zero attached hydrogens (tertiary/aromatic N) is 1. The van der Waals surface area contributed by atoms with E-state index in [1.165, 1.54) is 0 Å². The normalized spacial score (nSPS) is 12.4. The van der Waals surface area contributed by atoms with Crippen LogP contribution in [-0.2, 0) is 4.74 Å². The number of hydrogen-bond acceptors (Lipinski definition) is 3. The minimum Gasteiger partial charge on any atom is -0.380 e. The van der Waals surface area contributed by atoms with E-state index in [0.29, 0.717) is 0 Å². The lowest BCUT2D eigenvalue weighted by molar-refractivity contribution is 0.104. The monoisotopic (exact) mass is 216 g/mol. The molecule has 15 heavy (non-hydrogen) atoms. The number of rotatable bonds is 9. The van der Waals surface area contributed by atoms with Crippen molar-refractivity contribution in [1.29, 1.82) is 0 Å². The molecule has 0 unspecified atom stereocenters. The quantitative estimate of drug-likeness (QED) is 0.594. The average molecular weight is 216 g/mol. The number of nitrogens with one attached hydrogen (secondary N) is 1. The first kappa shape index (κ1) is 14.9. The van der Waals surface area contributed by atoms with E-state index in [9.17, 15) is 0 Å². The van der Waals surface area contributed by atoms with Crippen molar-refractivity contribution in [3.63, 3.8) is 0 Å². The molecule has 0 spiro atoms. The fourth-order valence-electron chi connectivity index (χ4n) is 1.78. The van der Waals surface area contributed by atoms with Crippen molar-refractivity contribution in [2.45, 2.75) is 40.2 Å². The highest BCUT2D eigenvalue weighted by Gasteiger charge is 2.19. The molecule has 0 saturated carbocycles. The van der Waals surface area contributed by atoms with Gasteiger partial charge in [0, 0.05) is 25.2 Å². The number of ether oxygens (including phenoxy) is 1. The first-order valence-corrected chi connectivity index (χ1v) is 6.10. The lowest BCUT2D eigenvalue weighted by Crippen LogP contribution is -2.49. The molecule has 0 rings (SSSR count). The molecular formula is C12H28N2O. The Morgan fingerprint density at radius 3 is 2.33 bits per heavy atom. The Morgan fingerprint density at radius 2 is 1.87 bits per heavy atom. The summed E-state index contributed by atoms with van der Waals surface area (Å²) in [7, 11) is 0. The van der Waals surface area contributed by atoms with Crippen LogP contribution in [0.1, 0.15) is 34.6 Å². The first-order chi connectivity index (χ1) is 7.05. The summed E-state index contributed by atoms with van der Waals surface area (Å²) in [5.74, 6) is 0. The third-order valence-corrected chi connectivity index (χ3v) is 2.48. The fourth-order valence-corrected chi connectivity index (χ4v) is 1.78. The molecule has 0 aromatic rings. The van der Waals surface area contributed by atoms with E-state index in [0.717, 1.165) is 39.4 Å². The predicted octanol–water partition coefficient (Wildman–Crippen LogP) is 1.73. The van der Waals surface area contributed by atoms with Gasteiger partial charge in [-0.05, 0) is 33.9 Å². The first-order valence-electron chi connectivity index (χ1n) is 6.10. The zero-order chi connectivity index (χ0) is 11.7. The van der Waals surface area contributed by atoms with Crippen LogP contribution in [0.5, 0.6) is 0 Å². The van der Waals surface area contributed by atoms with Crippen LogP contribution in [0, 0.1) is 0 Å². The fraction of sp³-hybridized carbons (Fsp3) is 1.00. The number of hydrogen-bond donors (Lipinski definition) is 1. The molecule has 3 heteroatoms. The Bertz CT molecular complexity index is 149. The Labute approximate surface area is 95.2 Å². The summed E-state index contributed by atoms with van der Waals surface area (Å²) in [6.45, 7) is 16.8. The molecule has 0 radical (unpaired) electrons. The van der Waals surface area contributed by atoms with Gasteiger partial charge < -0.3 is 10.1 Å². The van der Waals surface area contributed by atoms with Gasteiger partial charge in [0.1, 0.15) is 0 Å². The van der Waals surface area contributed by atoms with Gasteiger partial charge in [0.05, 0.1) is 6.61 Å². The van der Waals surface area contributed by atoms with E-state index >= 15 is 0 Å². The molecule has 0 saturated heterocycles. The summed E-state index contributed by atoms with van der Waals surface area (Å²) < 4.78 is 5.38. The molecule has 3 nitrogen and oxygen atoms in total. The minimum absolute atomic E-state index is 0.191. The Balaban J connectivity index is 3.85. The third-order valence-electron chi connectivity index (χ3n) is 2.48. The van der Waals surface area contributed by atoms with Crippen molar-refractivity contribution in [2.24, 2.45) is 0 Å². The van der Waals surface area contributed by atoms with Crippen LogP contribution in [-0.4, -0.2) is 49.8 Å². The van der Waals surface area contributed by atoms with E-state index < -0.39 is 0 Å². The zero-order valence-corrected chi connectivity index (χ0v) is 11.1. The maximum absolute atomic E-state index is 5.38. The van der Waals surface area contributed by atoms with Crippen LogP contribution in [0.4, 0.5) is 0 Å². The van der Waals surface area contributed by atoms with Crippen LogP contribution in [0.2, 0.25) is 0 Å². The molecule has 0 aliphatic heterocycles. The topological polar surface area (TPSA) is 24.5 Å². The van der Waals surface area contributed by atoms with Gasteiger partial charge in [0.15, 0.2) is 0 Å². The van der Waals surface area contributed by atoms with Crippen molar-refractivity contribution in [3.8, 4) is 0 Å². The zero-order valence-electron chi connectivity index (χ0n) is 11.1. The second kappa shape index (κ2) is 8.08. The number of likely N-dealkylation sites (N-methyl/N-ethyl adjacent to an activating group) is 2. The molecule has 0 atom stereocenters. The van der Waals surface area contributed by atoms with Gasteiger partial charge in [-0.1, -0.05) is 13.8 Å². The molecule has 0 heterocycles. The molecule has 0 amide bonds. The van der Waals surface area contributed by atoms with E-state index in [-0.39, 0.29) is 5.54 Å². The summed E-state index contributed by atoms with van der Waals surface area (Å²) in [5.41, 5.74) is 0.191. The molecule has 0 aliphatic rings. The summed E-state index contributed by atoms with van der Waals surface area (Å²) in [4.78, 5) is 2.43. The Morgan fingerprint density at radius 1 is 1.20 bits per heavy atom. The Kier molecular flexibility index (Phi) is 8.02. The molecule has 1 N–H and O–H groups in total. The van der Waals surface area contributed by atoms with Crippen LogP contribution in [0.15, 0.2) is 0 Å². The molecule has 0 aromatic heterocycles. The summed E-state index contributed by atoms with van der Waals surface area (Å²) in [6.07, 6.45) is 0. The SMILES string of the molecule is CCNC(C)(C)CN(CC)CCOCC. The van der Waals surface area contributed by atoms with E-state index in [1.54, 1.807) is 0 Å². The van der Waals surface area contributed by atoms with Gasteiger partial charge >= 0.3 is 0 Å². The molecule has 92 valence electrons. The lowest BCUT2D eigenvalue weighted by Gasteiger charge is -2.32. The van der Waals surface area contributed by atoms with E-state index in [2.05, 4.69) is 37.9 Å². The third kappa shape index (κ3) is 7.77. The largest absolute Gasteiger partial charge is 0.380 e. The predicted molar refractivity (Wildman–Crippen MR) is 66.4 cm³/mol. The highest BCUT2D eigenvalue weighted by molar-refractivity contribution is 4.80. The highest BCUT2D eigenvalue weighted by atomic mass is 16.5. The van der Waals surface area contributed by atoms with Gasteiger partial charge in [-0.2, -0.15) is 0 Å². The molecule has 0 bridgehead atoms. The van der Waals surface area contributed by atoms with Crippen molar-refractivity contribution >= 4 is 0 Å². The maximum atomic E-state index is 5.38. The summed E-state index contributed by atoms with van der Waals surface area (Å²) >= 11 is 0. The molecule has 0 fully saturated rings. The molecule has 0 aliphatic carbocycles. The highest BCUT2D eigenvalue weighted by Crippen LogP contribution is 2.05. The van der Waals surface area contributed by atoms with Crippen LogP contribution < -0.4 is 5.32 Å². The van der Waals surface area contributed by atoms with Crippen molar-refractivity contribution in [2.75, 3.05) is 39.4 Å². The maximum Gasteiger partial charge on any atom is 0.0593 e. The van der Waals surface area contributed by atoms with Gasteiger partial charge in [0.25, 0.3) is 0 Å². The van der Waals surface area contributed by atoms with Crippen molar-refractivity contribution in [3.05, 3.63) is 0 Å². The van der Waals surface area contributed by atoms with Crippen LogP contribution in [0.25, 0.3) is 0 Å². The minimum atomic E-state index is 0.191. The van der Waals surface area contributed by atoms with E-state index in [1.807, 2.05) is 6.92 Å². The van der Waals surface area contributed by atoms with Crippen LogP contribution in [0.3, 0.4) is 0 Å². The lowest BCUT2D eigenvalue weighted by atomic mass is 10.1. The smallest absolute Gasteiger partial charge is 0.0593 e. The van der Waals surface area contributed by atoms with Gasteiger partial charge in [-0.25, -0.2) is 0 Å². The summed E-state index contributed by atoms with van der Waals surface area (Å²) in [6, 6.07) is 0. The summed E-state index contributed by atoms with van der Waals surface area (Å²) in [5, 5.41) is 3.49. The van der Waals surface area contributed by atoms with Gasteiger partial charge in [-0.3, -0.25) is 4.90 Å². The average Bonchev–Trinajstić information content (AvgIpc) is 2.16.